The van der Waals surface area contributed by atoms with Crippen LogP contribution in [0.25, 0.3) is 0 Å². The molecule has 6 nitrogen and oxygen atoms in total. The smallest absolute Gasteiger partial charge is 0.325 e. The zero-order valence-corrected chi connectivity index (χ0v) is 15.7. The summed E-state index contributed by atoms with van der Waals surface area (Å²) in [6.07, 6.45) is 0.157. The minimum atomic E-state index is -0.698. The second-order valence-electron chi connectivity index (χ2n) is 6.14. The molecule has 2 aromatic rings. The number of ether oxygens (including phenoxy) is 1. The fourth-order valence-corrected chi connectivity index (χ4v) is 2.53. The highest BCUT2D eigenvalue weighted by atomic mass is 19.1. The van der Waals surface area contributed by atoms with Crippen LogP contribution >= 0.6 is 0 Å². The van der Waals surface area contributed by atoms with Gasteiger partial charge < -0.3 is 15.0 Å². The summed E-state index contributed by atoms with van der Waals surface area (Å²) >= 11 is 0. The van der Waals surface area contributed by atoms with E-state index in [2.05, 4.69) is 5.32 Å². The molecular formula is C21H23FN2O4. The van der Waals surface area contributed by atoms with Crippen molar-refractivity contribution in [3.8, 4) is 0 Å². The highest BCUT2D eigenvalue weighted by molar-refractivity contribution is 5.85. The number of hydrogen-bond acceptors (Lipinski definition) is 4. The van der Waals surface area contributed by atoms with E-state index in [-0.39, 0.29) is 31.2 Å². The lowest BCUT2D eigenvalue weighted by atomic mass is 10.1. The highest BCUT2D eigenvalue weighted by Crippen LogP contribution is 2.07. The van der Waals surface area contributed by atoms with E-state index >= 15 is 0 Å². The first-order valence-electron chi connectivity index (χ1n) is 8.96. The Balaban J connectivity index is 1.73. The Morgan fingerprint density at radius 3 is 2.43 bits per heavy atom. The Morgan fingerprint density at radius 2 is 1.75 bits per heavy atom. The zero-order valence-electron chi connectivity index (χ0n) is 15.7. The molecule has 0 saturated heterocycles. The predicted molar refractivity (Wildman–Crippen MR) is 102 cm³/mol. The topological polar surface area (TPSA) is 75.7 Å². The van der Waals surface area contributed by atoms with Crippen LogP contribution in [0.15, 0.2) is 54.6 Å². The number of nitrogens with one attached hydrogen (secondary N) is 1. The lowest BCUT2D eigenvalue weighted by Gasteiger charge is -2.21. The molecule has 0 aliphatic carbocycles. The molecule has 0 aliphatic rings. The Morgan fingerprint density at radius 1 is 1.04 bits per heavy atom. The van der Waals surface area contributed by atoms with Gasteiger partial charge in [0.25, 0.3) is 5.91 Å². The van der Waals surface area contributed by atoms with E-state index in [0.29, 0.717) is 12.1 Å². The van der Waals surface area contributed by atoms with E-state index < -0.39 is 18.5 Å². The van der Waals surface area contributed by atoms with Gasteiger partial charge in [-0.05, 0) is 30.2 Å². The summed E-state index contributed by atoms with van der Waals surface area (Å²) in [4.78, 5) is 37.2. The summed E-state index contributed by atoms with van der Waals surface area (Å²) in [7, 11) is 0. The number of esters is 1. The summed E-state index contributed by atoms with van der Waals surface area (Å²) in [6, 6.07) is 15.1. The fraction of sp³-hybridized carbons (Fsp3) is 0.286. The summed E-state index contributed by atoms with van der Waals surface area (Å²) < 4.78 is 18.2. The van der Waals surface area contributed by atoms with Crippen molar-refractivity contribution in [2.75, 3.05) is 19.7 Å². The molecule has 0 atom stereocenters. The van der Waals surface area contributed by atoms with Crippen LogP contribution in [-0.2, 0) is 32.1 Å². The molecule has 1 N–H and O–H groups in total. The number of rotatable bonds is 9. The van der Waals surface area contributed by atoms with Gasteiger partial charge in [-0.1, -0.05) is 42.5 Å². The number of carbonyl (C=O) groups excluding carboxylic acids is 3. The minimum Gasteiger partial charge on any atom is -0.454 e. The van der Waals surface area contributed by atoms with Crippen molar-refractivity contribution < 1.29 is 23.5 Å². The van der Waals surface area contributed by atoms with Crippen molar-refractivity contribution in [2.45, 2.75) is 19.9 Å². The zero-order chi connectivity index (χ0) is 20.4. The van der Waals surface area contributed by atoms with Crippen LogP contribution < -0.4 is 5.32 Å². The predicted octanol–water partition coefficient (Wildman–Crippen LogP) is 2.08. The molecule has 0 unspecified atom stereocenters. The van der Waals surface area contributed by atoms with E-state index in [0.717, 1.165) is 5.56 Å². The molecule has 148 valence electrons. The third-order valence-electron chi connectivity index (χ3n) is 3.99. The normalized spacial score (nSPS) is 10.2. The van der Waals surface area contributed by atoms with Gasteiger partial charge in [-0.15, -0.1) is 0 Å². The van der Waals surface area contributed by atoms with Crippen LogP contribution in [0, 0.1) is 5.82 Å². The molecule has 0 saturated carbocycles. The Hall–Kier alpha value is -3.22. The van der Waals surface area contributed by atoms with Crippen molar-refractivity contribution in [3.05, 3.63) is 71.5 Å². The van der Waals surface area contributed by atoms with Gasteiger partial charge >= 0.3 is 5.97 Å². The Kier molecular flexibility index (Phi) is 8.14. The van der Waals surface area contributed by atoms with Crippen LogP contribution in [0.5, 0.6) is 0 Å². The molecule has 0 bridgehead atoms. The van der Waals surface area contributed by atoms with Gasteiger partial charge in [0.2, 0.25) is 5.91 Å². The molecule has 2 rings (SSSR count). The van der Waals surface area contributed by atoms with Crippen molar-refractivity contribution in [2.24, 2.45) is 0 Å². The maximum Gasteiger partial charge on any atom is 0.325 e. The summed E-state index contributed by atoms with van der Waals surface area (Å²) in [5, 5.41) is 2.46. The second-order valence-corrected chi connectivity index (χ2v) is 6.14. The third-order valence-corrected chi connectivity index (χ3v) is 3.99. The maximum atomic E-state index is 13.3. The van der Waals surface area contributed by atoms with Crippen molar-refractivity contribution in [1.82, 2.24) is 10.2 Å². The molecule has 2 aromatic carbocycles. The first kappa shape index (κ1) is 21.1. The summed E-state index contributed by atoms with van der Waals surface area (Å²) in [5.74, 6) is -1.78. The molecule has 0 aromatic heterocycles. The largest absolute Gasteiger partial charge is 0.454 e. The van der Waals surface area contributed by atoms with Gasteiger partial charge in [-0.25, -0.2) is 4.39 Å². The number of hydrogen-bond donors (Lipinski definition) is 1. The second kappa shape index (κ2) is 10.8. The van der Waals surface area contributed by atoms with Crippen LogP contribution in [0.4, 0.5) is 4.39 Å². The van der Waals surface area contributed by atoms with E-state index in [9.17, 15) is 18.8 Å². The van der Waals surface area contributed by atoms with E-state index in [1.165, 1.54) is 17.0 Å². The van der Waals surface area contributed by atoms with Gasteiger partial charge in [0, 0.05) is 13.1 Å². The van der Waals surface area contributed by atoms with Gasteiger partial charge in [0.05, 0.1) is 6.42 Å². The van der Waals surface area contributed by atoms with E-state index in [1.54, 1.807) is 19.1 Å². The SMILES string of the molecule is CCN(Cc1cccc(F)c1)C(=O)COC(=O)CNC(=O)Cc1ccccc1. The Labute approximate surface area is 163 Å². The molecule has 7 heteroatoms. The van der Waals surface area contributed by atoms with Crippen molar-refractivity contribution in [1.29, 1.82) is 0 Å². The average molecular weight is 386 g/mol. The lowest BCUT2D eigenvalue weighted by molar-refractivity contribution is -0.151. The molecular weight excluding hydrogens is 363 g/mol. The van der Waals surface area contributed by atoms with Crippen molar-refractivity contribution >= 4 is 17.8 Å². The summed E-state index contributed by atoms with van der Waals surface area (Å²) in [5.41, 5.74) is 1.48. The van der Waals surface area contributed by atoms with Crippen LogP contribution in [0.2, 0.25) is 0 Å². The van der Waals surface area contributed by atoms with E-state index in [1.807, 2.05) is 30.3 Å². The van der Waals surface area contributed by atoms with Crippen LogP contribution in [0.3, 0.4) is 0 Å². The molecule has 0 heterocycles. The summed E-state index contributed by atoms with van der Waals surface area (Å²) in [6.45, 7) is 1.65. The monoisotopic (exact) mass is 386 g/mol. The molecule has 0 spiro atoms. The first-order valence-corrected chi connectivity index (χ1v) is 8.96. The fourth-order valence-electron chi connectivity index (χ4n) is 2.53. The first-order chi connectivity index (χ1) is 13.5. The maximum absolute atomic E-state index is 13.3. The average Bonchev–Trinajstić information content (AvgIpc) is 2.69. The number of likely N-dealkylation sites (N-methyl/N-ethyl adjacent to an activating group) is 1. The lowest BCUT2D eigenvalue weighted by Crippen LogP contribution is -2.36. The number of nitrogens with zero attached hydrogens (tertiary/aromatic N) is 1. The molecule has 28 heavy (non-hydrogen) atoms. The van der Waals surface area contributed by atoms with Gasteiger partial charge in [-0.3, -0.25) is 14.4 Å². The molecule has 0 fully saturated rings. The quantitative estimate of drug-likeness (QED) is 0.670. The molecule has 0 radical (unpaired) electrons. The minimum absolute atomic E-state index is 0.157. The van der Waals surface area contributed by atoms with E-state index in [4.69, 9.17) is 4.74 Å². The molecule has 2 amide bonds. The van der Waals surface area contributed by atoms with Gasteiger partial charge in [0.15, 0.2) is 6.61 Å². The third kappa shape index (κ3) is 7.19. The Bertz CT molecular complexity index is 811. The number of benzene rings is 2. The number of amides is 2. The standard InChI is InChI=1S/C21H23FN2O4/c1-2-24(14-17-9-6-10-18(22)11-17)20(26)15-28-21(27)13-23-19(25)12-16-7-4-3-5-8-16/h3-11H,2,12-15H2,1H3,(H,23,25). The van der Waals surface area contributed by atoms with Crippen LogP contribution in [-0.4, -0.2) is 42.4 Å². The van der Waals surface area contributed by atoms with Gasteiger partial charge in [0.1, 0.15) is 12.4 Å². The van der Waals surface area contributed by atoms with Crippen molar-refractivity contribution in [3.63, 3.8) is 0 Å². The van der Waals surface area contributed by atoms with Crippen LogP contribution in [0.1, 0.15) is 18.1 Å². The van der Waals surface area contributed by atoms with Gasteiger partial charge in [-0.2, -0.15) is 0 Å². The molecule has 0 aliphatic heterocycles. The number of carbonyl (C=O) groups is 3. The number of halogens is 1. The highest BCUT2D eigenvalue weighted by Gasteiger charge is 2.15.